The Labute approximate surface area is 162 Å². The van der Waals surface area contributed by atoms with Crippen LogP contribution in [0.5, 0.6) is 0 Å². The molecule has 2 heterocycles. The first-order valence-electron chi connectivity index (χ1n) is 10.1. The molecule has 2 amide bonds. The van der Waals surface area contributed by atoms with Crippen molar-refractivity contribution in [2.75, 3.05) is 39.8 Å². The van der Waals surface area contributed by atoms with Gasteiger partial charge in [-0.2, -0.15) is 0 Å². The number of piperidine rings is 1. The summed E-state index contributed by atoms with van der Waals surface area (Å²) in [4.78, 5) is 28.9. The van der Waals surface area contributed by atoms with Crippen LogP contribution in [-0.4, -0.2) is 67.4 Å². The predicted molar refractivity (Wildman–Crippen MR) is 106 cm³/mol. The van der Waals surface area contributed by atoms with Crippen LogP contribution in [0.25, 0.3) is 0 Å². The van der Waals surface area contributed by atoms with Gasteiger partial charge in [-0.25, -0.2) is 0 Å². The fraction of sp³-hybridized carbons (Fsp3) is 0.619. The number of nitrogens with zero attached hydrogens (tertiary/aromatic N) is 2. The lowest BCUT2D eigenvalue weighted by molar-refractivity contribution is -0.134. The molecule has 1 aromatic rings. The Hall–Kier alpha value is -1.92. The molecule has 2 unspecified atom stereocenters. The number of hydrogen-bond acceptors (Lipinski definition) is 4. The Morgan fingerprint density at radius 2 is 2.04 bits per heavy atom. The molecule has 0 saturated carbocycles. The lowest BCUT2D eigenvalue weighted by Gasteiger charge is -2.34. The minimum absolute atomic E-state index is 0.0297. The van der Waals surface area contributed by atoms with E-state index < -0.39 is 0 Å². The summed E-state index contributed by atoms with van der Waals surface area (Å²) in [5, 5.41) is 6.31. The molecule has 6 heteroatoms. The molecule has 2 fully saturated rings. The molecule has 2 N–H and O–H groups in total. The first-order valence-corrected chi connectivity index (χ1v) is 10.1. The van der Waals surface area contributed by atoms with Crippen molar-refractivity contribution in [1.29, 1.82) is 0 Å². The fourth-order valence-electron chi connectivity index (χ4n) is 4.02. The summed E-state index contributed by atoms with van der Waals surface area (Å²) in [5.74, 6) is 0.646. The van der Waals surface area contributed by atoms with Crippen molar-refractivity contribution >= 4 is 11.8 Å². The SMILES string of the molecule is CN(CC(=O)N1CCCC(CNC(=O)C2CCCN2)C1)Cc1ccccc1. The minimum atomic E-state index is -0.0297. The van der Waals surface area contributed by atoms with Crippen molar-refractivity contribution in [3.05, 3.63) is 35.9 Å². The molecular weight excluding hydrogens is 340 g/mol. The van der Waals surface area contributed by atoms with Gasteiger partial charge in [0.25, 0.3) is 0 Å². The number of amides is 2. The van der Waals surface area contributed by atoms with Crippen molar-refractivity contribution in [2.45, 2.75) is 38.3 Å². The van der Waals surface area contributed by atoms with E-state index in [-0.39, 0.29) is 17.9 Å². The highest BCUT2D eigenvalue weighted by atomic mass is 16.2. The van der Waals surface area contributed by atoms with Crippen LogP contribution in [0.2, 0.25) is 0 Å². The molecule has 148 valence electrons. The first-order chi connectivity index (χ1) is 13.1. The van der Waals surface area contributed by atoms with Crippen molar-refractivity contribution in [1.82, 2.24) is 20.4 Å². The molecule has 2 atom stereocenters. The third kappa shape index (κ3) is 6.04. The van der Waals surface area contributed by atoms with Crippen molar-refractivity contribution < 1.29 is 9.59 Å². The van der Waals surface area contributed by atoms with Crippen LogP contribution in [0.4, 0.5) is 0 Å². The third-order valence-corrected chi connectivity index (χ3v) is 5.51. The van der Waals surface area contributed by atoms with E-state index in [4.69, 9.17) is 0 Å². The average Bonchev–Trinajstić information content (AvgIpc) is 3.22. The van der Waals surface area contributed by atoms with Gasteiger partial charge >= 0.3 is 0 Å². The number of carbonyl (C=O) groups excluding carboxylic acids is 2. The van der Waals surface area contributed by atoms with Crippen LogP contribution in [-0.2, 0) is 16.1 Å². The minimum Gasteiger partial charge on any atom is -0.354 e. The molecule has 0 spiro atoms. The van der Waals surface area contributed by atoms with E-state index >= 15 is 0 Å². The molecule has 2 aliphatic heterocycles. The second-order valence-electron chi connectivity index (χ2n) is 7.90. The lowest BCUT2D eigenvalue weighted by Crippen LogP contribution is -2.48. The topological polar surface area (TPSA) is 64.7 Å². The van der Waals surface area contributed by atoms with Crippen LogP contribution < -0.4 is 10.6 Å². The smallest absolute Gasteiger partial charge is 0.237 e. The summed E-state index contributed by atoms with van der Waals surface area (Å²) in [7, 11) is 1.99. The van der Waals surface area contributed by atoms with E-state index in [1.807, 2.05) is 30.1 Å². The normalized spacial score (nSPS) is 22.8. The van der Waals surface area contributed by atoms with Crippen LogP contribution >= 0.6 is 0 Å². The van der Waals surface area contributed by atoms with Gasteiger partial charge in [0.05, 0.1) is 12.6 Å². The third-order valence-electron chi connectivity index (χ3n) is 5.51. The van der Waals surface area contributed by atoms with E-state index in [1.54, 1.807) is 0 Å². The molecular formula is C21H32N4O2. The van der Waals surface area contributed by atoms with E-state index in [1.165, 1.54) is 5.56 Å². The van der Waals surface area contributed by atoms with Gasteiger partial charge in [-0.1, -0.05) is 30.3 Å². The standard InChI is InChI=1S/C21H32N4O2/c1-24(14-17-7-3-2-4-8-17)16-20(26)25-12-6-9-18(15-25)13-23-21(27)19-10-5-11-22-19/h2-4,7-8,18-19,22H,5-6,9-16H2,1H3,(H,23,27). The molecule has 2 saturated heterocycles. The molecule has 0 bridgehead atoms. The summed E-state index contributed by atoms with van der Waals surface area (Å²) in [6, 6.07) is 10.2. The van der Waals surface area contributed by atoms with Gasteiger partial charge in [0.15, 0.2) is 0 Å². The molecule has 0 aromatic heterocycles. The maximum Gasteiger partial charge on any atom is 0.237 e. The Balaban J connectivity index is 1.41. The summed E-state index contributed by atoms with van der Waals surface area (Å²) >= 11 is 0. The summed E-state index contributed by atoms with van der Waals surface area (Å²) in [6.45, 7) is 4.37. The number of likely N-dealkylation sites (tertiary alicyclic amines) is 1. The zero-order valence-corrected chi connectivity index (χ0v) is 16.3. The van der Waals surface area contributed by atoms with Gasteiger partial charge in [-0.05, 0) is 50.8 Å². The van der Waals surface area contributed by atoms with E-state index in [0.29, 0.717) is 19.0 Å². The van der Waals surface area contributed by atoms with Gasteiger partial charge in [0, 0.05) is 26.2 Å². The summed E-state index contributed by atoms with van der Waals surface area (Å²) in [6.07, 6.45) is 4.08. The molecule has 2 aliphatic rings. The fourth-order valence-corrected chi connectivity index (χ4v) is 4.02. The molecule has 1 aromatic carbocycles. The molecule has 0 aliphatic carbocycles. The highest BCUT2D eigenvalue weighted by Crippen LogP contribution is 2.16. The van der Waals surface area contributed by atoms with E-state index in [0.717, 1.165) is 51.9 Å². The molecule has 0 radical (unpaired) electrons. The second-order valence-corrected chi connectivity index (χ2v) is 7.90. The average molecular weight is 373 g/mol. The highest BCUT2D eigenvalue weighted by Gasteiger charge is 2.26. The summed E-state index contributed by atoms with van der Waals surface area (Å²) in [5.41, 5.74) is 1.22. The predicted octanol–water partition coefficient (Wildman–Crippen LogP) is 1.23. The molecule has 3 rings (SSSR count). The summed E-state index contributed by atoms with van der Waals surface area (Å²) < 4.78 is 0. The van der Waals surface area contributed by atoms with Crippen LogP contribution in [0.1, 0.15) is 31.2 Å². The van der Waals surface area contributed by atoms with Gasteiger partial charge in [-0.3, -0.25) is 14.5 Å². The van der Waals surface area contributed by atoms with E-state index in [9.17, 15) is 9.59 Å². The Morgan fingerprint density at radius 1 is 1.22 bits per heavy atom. The van der Waals surface area contributed by atoms with Crippen LogP contribution in [0.3, 0.4) is 0 Å². The van der Waals surface area contributed by atoms with Crippen LogP contribution in [0, 0.1) is 5.92 Å². The monoisotopic (exact) mass is 372 g/mol. The zero-order chi connectivity index (χ0) is 19.1. The van der Waals surface area contributed by atoms with Gasteiger partial charge < -0.3 is 15.5 Å². The number of likely N-dealkylation sites (N-methyl/N-ethyl adjacent to an activating group) is 1. The van der Waals surface area contributed by atoms with Gasteiger partial charge in [0.1, 0.15) is 0 Å². The largest absolute Gasteiger partial charge is 0.354 e. The number of benzene rings is 1. The van der Waals surface area contributed by atoms with Gasteiger partial charge in [-0.15, -0.1) is 0 Å². The van der Waals surface area contributed by atoms with Crippen molar-refractivity contribution in [3.63, 3.8) is 0 Å². The Morgan fingerprint density at radius 3 is 2.78 bits per heavy atom. The zero-order valence-electron chi connectivity index (χ0n) is 16.3. The Kier molecular flexibility index (Phi) is 7.24. The lowest BCUT2D eigenvalue weighted by atomic mass is 9.97. The molecule has 6 nitrogen and oxygen atoms in total. The maximum absolute atomic E-state index is 12.7. The van der Waals surface area contributed by atoms with Crippen molar-refractivity contribution in [2.24, 2.45) is 5.92 Å². The Bertz CT molecular complexity index is 616. The number of carbonyl (C=O) groups is 2. The molecule has 27 heavy (non-hydrogen) atoms. The number of hydrogen-bond donors (Lipinski definition) is 2. The quantitative estimate of drug-likeness (QED) is 0.756. The maximum atomic E-state index is 12.7. The number of nitrogens with one attached hydrogen (secondary N) is 2. The van der Waals surface area contributed by atoms with Crippen LogP contribution in [0.15, 0.2) is 30.3 Å². The number of rotatable bonds is 7. The van der Waals surface area contributed by atoms with E-state index in [2.05, 4.69) is 27.7 Å². The highest BCUT2D eigenvalue weighted by molar-refractivity contribution is 5.82. The van der Waals surface area contributed by atoms with Crippen molar-refractivity contribution in [3.8, 4) is 0 Å². The first kappa shape index (κ1) is 19.8. The second kappa shape index (κ2) is 9.85. The van der Waals surface area contributed by atoms with Gasteiger partial charge in [0.2, 0.25) is 11.8 Å².